The number of carbonyl (C=O) groups is 1. The maximum absolute atomic E-state index is 11.8. The van der Waals surface area contributed by atoms with Crippen LogP contribution in [0.4, 0.5) is 11.4 Å². The molecule has 0 saturated heterocycles. The van der Waals surface area contributed by atoms with Gasteiger partial charge in [-0.1, -0.05) is 30.3 Å². The first-order chi connectivity index (χ1) is 8.65. The maximum atomic E-state index is 11.8. The third kappa shape index (κ3) is 3.01. The number of hydrogen-bond acceptors (Lipinski definition) is 3. The fourth-order valence-corrected chi connectivity index (χ4v) is 1.63. The number of hydrogen-bond donors (Lipinski definition) is 3. The summed E-state index contributed by atoms with van der Waals surface area (Å²) in [6, 6.07) is 14.0. The minimum atomic E-state index is -0.179. The van der Waals surface area contributed by atoms with E-state index in [-0.39, 0.29) is 18.1 Å². The van der Waals surface area contributed by atoms with Gasteiger partial charge in [-0.3, -0.25) is 4.79 Å². The average molecular weight is 242 g/mol. The Morgan fingerprint density at radius 1 is 1.17 bits per heavy atom. The van der Waals surface area contributed by atoms with Crippen molar-refractivity contribution in [2.45, 2.75) is 6.42 Å². The van der Waals surface area contributed by atoms with Gasteiger partial charge in [0.25, 0.3) is 0 Å². The van der Waals surface area contributed by atoms with Crippen molar-refractivity contribution in [1.29, 1.82) is 0 Å². The summed E-state index contributed by atoms with van der Waals surface area (Å²) in [5, 5.41) is 12.3. The highest BCUT2D eigenvalue weighted by Gasteiger charge is 2.07. The molecule has 0 saturated carbocycles. The Balaban J connectivity index is 2.03. The van der Waals surface area contributed by atoms with Crippen molar-refractivity contribution in [3.05, 3.63) is 54.1 Å². The number of rotatable bonds is 3. The lowest BCUT2D eigenvalue weighted by Gasteiger charge is -2.07. The highest BCUT2D eigenvalue weighted by atomic mass is 16.3. The first kappa shape index (κ1) is 12.0. The van der Waals surface area contributed by atoms with E-state index < -0.39 is 0 Å². The van der Waals surface area contributed by atoms with E-state index in [1.807, 2.05) is 30.3 Å². The van der Waals surface area contributed by atoms with Crippen molar-refractivity contribution in [2.24, 2.45) is 0 Å². The second kappa shape index (κ2) is 5.23. The lowest BCUT2D eigenvalue weighted by Crippen LogP contribution is -2.14. The number of benzene rings is 2. The molecular formula is C14H14N2O2. The summed E-state index contributed by atoms with van der Waals surface area (Å²) in [4.78, 5) is 11.8. The van der Waals surface area contributed by atoms with Gasteiger partial charge in [-0.25, -0.2) is 0 Å². The molecule has 0 bridgehead atoms. The van der Waals surface area contributed by atoms with Gasteiger partial charge in [0.15, 0.2) is 0 Å². The van der Waals surface area contributed by atoms with Crippen LogP contribution in [-0.2, 0) is 11.2 Å². The molecule has 2 aromatic rings. The van der Waals surface area contributed by atoms with E-state index in [1.165, 1.54) is 6.07 Å². The zero-order valence-corrected chi connectivity index (χ0v) is 9.76. The first-order valence-electron chi connectivity index (χ1n) is 5.57. The van der Waals surface area contributed by atoms with Crippen molar-refractivity contribution in [1.82, 2.24) is 0 Å². The molecule has 0 aliphatic carbocycles. The number of nitrogen functional groups attached to an aromatic ring is 1. The Labute approximate surface area is 105 Å². The fraction of sp³-hybridized carbons (Fsp3) is 0.0714. The van der Waals surface area contributed by atoms with Gasteiger partial charge in [-0.05, 0) is 17.7 Å². The molecule has 0 aliphatic rings. The molecule has 0 aromatic heterocycles. The van der Waals surface area contributed by atoms with E-state index in [0.29, 0.717) is 11.4 Å². The second-order valence-electron chi connectivity index (χ2n) is 3.99. The standard InChI is InChI=1S/C14H14N2O2/c15-11-6-7-12(13(17)9-11)16-14(18)8-10-4-2-1-3-5-10/h1-7,9,17H,8,15H2,(H,16,18). The predicted molar refractivity (Wildman–Crippen MR) is 71.3 cm³/mol. The molecule has 0 aliphatic heterocycles. The Morgan fingerprint density at radius 3 is 2.56 bits per heavy atom. The van der Waals surface area contributed by atoms with E-state index >= 15 is 0 Å². The molecule has 0 radical (unpaired) electrons. The SMILES string of the molecule is Nc1ccc(NC(=O)Cc2ccccc2)c(O)c1. The summed E-state index contributed by atoms with van der Waals surface area (Å²) in [6.07, 6.45) is 0.269. The van der Waals surface area contributed by atoms with Crippen molar-refractivity contribution in [2.75, 3.05) is 11.1 Å². The molecule has 18 heavy (non-hydrogen) atoms. The Hall–Kier alpha value is -2.49. The molecule has 0 atom stereocenters. The van der Waals surface area contributed by atoms with Gasteiger partial charge in [0, 0.05) is 11.8 Å². The van der Waals surface area contributed by atoms with E-state index in [2.05, 4.69) is 5.32 Å². The van der Waals surface area contributed by atoms with Crippen LogP contribution in [0, 0.1) is 0 Å². The van der Waals surface area contributed by atoms with Gasteiger partial charge >= 0.3 is 0 Å². The van der Waals surface area contributed by atoms with Gasteiger partial charge in [-0.15, -0.1) is 0 Å². The monoisotopic (exact) mass is 242 g/mol. The number of aromatic hydroxyl groups is 1. The number of nitrogens with two attached hydrogens (primary N) is 1. The molecule has 0 unspecified atom stereocenters. The van der Waals surface area contributed by atoms with Crippen LogP contribution >= 0.6 is 0 Å². The summed E-state index contributed by atoms with van der Waals surface area (Å²) in [5.41, 5.74) is 7.25. The fourth-order valence-electron chi connectivity index (χ4n) is 1.63. The molecule has 4 heteroatoms. The van der Waals surface area contributed by atoms with Gasteiger partial charge in [0.05, 0.1) is 12.1 Å². The minimum absolute atomic E-state index is 0.0311. The number of nitrogens with one attached hydrogen (secondary N) is 1. The smallest absolute Gasteiger partial charge is 0.228 e. The maximum Gasteiger partial charge on any atom is 0.228 e. The van der Waals surface area contributed by atoms with Gasteiger partial charge in [-0.2, -0.15) is 0 Å². The van der Waals surface area contributed by atoms with Crippen LogP contribution in [-0.4, -0.2) is 11.0 Å². The Bertz CT molecular complexity index is 553. The molecule has 1 amide bonds. The van der Waals surface area contributed by atoms with Crippen molar-refractivity contribution in [3.8, 4) is 5.75 Å². The van der Waals surface area contributed by atoms with E-state index in [0.717, 1.165) is 5.56 Å². The number of amides is 1. The topological polar surface area (TPSA) is 75.3 Å². The van der Waals surface area contributed by atoms with Crippen LogP contribution in [0.25, 0.3) is 0 Å². The van der Waals surface area contributed by atoms with Crippen molar-refractivity contribution < 1.29 is 9.90 Å². The molecule has 2 rings (SSSR count). The molecule has 0 fully saturated rings. The number of carbonyl (C=O) groups excluding carboxylic acids is 1. The molecule has 92 valence electrons. The Kier molecular flexibility index (Phi) is 3.48. The first-order valence-corrected chi connectivity index (χ1v) is 5.57. The normalized spacial score (nSPS) is 10.0. The van der Waals surface area contributed by atoms with Crippen LogP contribution in [0.2, 0.25) is 0 Å². The third-order valence-electron chi connectivity index (χ3n) is 2.50. The summed E-state index contributed by atoms with van der Waals surface area (Å²) in [6.45, 7) is 0. The van der Waals surface area contributed by atoms with Crippen LogP contribution < -0.4 is 11.1 Å². The van der Waals surface area contributed by atoms with Crippen LogP contribution in [0.15, 0.2) is 48.5 Å². The summed E-state index contributed by atoms with van der Waals surface area (Å²) >= 11 is 0. The molecule has 4 nitrogen and oxygen atoms in total. The number of anilines is 2. The zero-order valence-electron chi connectivity index (χ0n) is 9.76. The molecule has 4 N–H and O–H groups in total. The minimum Gasteiger partial charge on any atom is -0.506 e. The quantitative estimate of drug-likeness (QED) is 0.570. The number of phenols is 1. The van der Waals surface area contributed by atoms with Crippen molar-refractivity contribution in [3.63, 3.8) is 0 Å². The molecule has 0 spiro atoms. The van der Waals surface area contributed by atoms with Gasteiger partial charge < -0.3 is 16.2 Å². The third-order valence-corrected chi connectivity index (χ3v) is 2.50. The highest BCUT2D eigenvalue weighted by Crippen LogP contribution is 2.25. The van der Waals surface area contributed by atoms with Crippen LogP contribution in [0.1, 0.15) is 5.56 Å². The van der Waals surface area contributed by atoms with E-state index in [4.69, 9.17) is 5.73 Å². The summed E-state index contributed by atoms with van der Waals surface area (Å²) in [5.74, 6) is -0.210. The molecule has 2 aromatic carbocycles. The molecule has 0 heterocycles. The van der Waals surface area contributed by atoms with Crippen LogP contribution in [0.5, 0.6) is 5.75 Å². The predicted octanol–water partition coefficient (Wildman–Crippen LogP) is 2.16. The summed E-state index contributed by atoms with van der Waals surface area (Å²) < 4.78 is 0. The van der Waals surface area contributed by atoms with E-state index in [9.17, 15) is 9.90 Å². The number of phenolic OH excluding ortho intramolecular Hbond substituents is 1. The van der Waals surface area contributed by atoms with E-state index in [1.54, 1.807) is 12.1 Å². The summed E-state index contributed by atoms with van der Waals surface area (Å²) in [7, 11) is 0. The van der Waals surface area contributed by atoms with Gasteiger partial charge in [0.1, 0.15) is 5.75 Å². The second-order valence-corrected chi connectivity index (χ2v) is 3.99. The van der Waals surface area contributed by atoms with Gasteiger partial charge in [0.2, 0.25) is 5.91 Å². The largest absolute Gasteiger partial charge is 0.506 e. The average Bonchev–Trinajstić information content (AvgIpc) is 2.34. The lowest BCUT2D eigenvalue weighted by atomic mass is 10.1. The lowest BCUT2D eigenvalue weighted by molar-refractivity contribution is -0.115. The highest BCUT2D eigenvalue weighted by molar-refractivity contribution is 5.93. The zero-order chi connectivity index (χ0) is 13.0. The Morgan fingerprint density at radius 2 is 1.89 bits per heavy atom. The van der Waals surface area contributed by atoms with Crippen molar-refractivity contribution >= 4 is 17.3 Å². The molecular weight excluding hydrogens is 228 g/mol. The van der Waals surface area contributed by atoms with Crippen LogP contribution in [0.3, 0.4) is 0 Å².